The predicted molar refractivity (Wildman–Crippen MR) is 93.1 cm³/mol. The first-order chi connectivity index (χ1) is 11.6. The Morgan fingerprint density at radius 3 is 2.75 bits per heavy atom. The quantitative estimate of drug-likeness (QED) is 0.404. The molecule has 24 heavy (non-hydrogen) atoms. The van der Waals surface area contributed by atoms with Gasteiger partial charge in [-0.15, -0.1) is 0 Å². The highest BCUT2D eigenvalue weighted by Gasteiger charge is 2.13. The molecule has 0 aliphatic rings. The predicted octanol–water partition coefficient (Wildman–Crippen LogP) is 3.53. The van der Waals surface area contributed by atoms with Crippen molar-refractivity contribution < 1.29 is 9.18 Å². The molecule has 1 heterocycles. The summed E-state index contributed by atoms with van der Waals surface area (Å²) in [5.41, 5.74) is 0.797. The summed E-state index contributed by atoms with van der Waals surface area (Å²) in [5.74, 6) is -0.557. The molecular formula is C18H15FN2O2S. The van der Waals surface area contributed by atoms with E-state index < -0.39 is 5.82 Å². The Balaban J connectivity index is 1.90. The van der Waals surface area contributed by atoms with E-state index in [1.54, 1.807) is 28.8 Å². The lowest BCUT2D eigenvalue weighted by molar-refractivity contribution is 0.102. The number of fused-ring (bicyclic) bond motifs is 1. The number of carbonyl (C=O) groups excluding carboxylic acids is 1. The molecule has 3 rings (SSSR count). The summed E-state index contributed by atoms with van der Waals surface area (Å²) >= 11 is 1.19. The van der Waals surface area contributed by atoms with Crippen molar-refractivity contribution >= 4 is 28.4 Å². The maximum absolute atomic E-state index is 13.2. The van der Waals surface area contributed by atoms with Crippen molar-refractivity contribution in [3.05, 3.63) is 70.3 Å². The largest absolute Gasteiger partial charge is 0.293 e. The van der Waals surface area contributed by atoms with Gasteiger partial charge in [0.15, 0.2) is 10.9 Å². The second-order valence-corrected chi connectivity index (χ2v) is 6.13. The number of nitrogens with zero attached hydrogens (tertiary/aromatic N) is 2. The van der Waals surface area contributed by atoms with E-state index in [1.165, 1.54) is 30.0 Å². The van der Waals surface area contributed by atoms with Crippen molar-refractivity contribution in [2.75, 3.05) is 5.75 Å². The molecule has 0 spiro atoms. The molecule has 0 saturated carbocycles. The molecular weight excluding hydrogens is 327 g/mol. The lowest BCUT2D eigenvalue weighted by Gasteiger charge is -2.10. The number of Topliss-reactive ketones (excluding diaryl/α,β-unsaturated/α-hetero) is 1. The van der Waals surface area contributed by atoms with Gasteiger partial charge in [-0.1, -0.05) is 36.0 Å². The fourth-order valence-corrected chi connectivity index (χ4v) is 3.37. The highest BCUT2D eigenvalue weighted by molar-refractivity contribution is 7.99. The van der Waals surface area contributed by atoms with Crippen LogP contribution in [0.25, 0.3) is 10.9 Å². The number of carbonyl (C=O) groups is 1. The van der Waals surface area contributed by atoms with Gasteiger partial charge in [-0.25, -0.2) is 9.37 Å². The van der Waals surface area contributed by atoms with Gasteiger partial charge < -0.3 is 0 Å². The van der Waals surface area contributed by atoms with Crippen LogP contribution in [0.2, 0.25) is 0 Å². The highest BCUT2D eigenvalue weighted by Crippen LogP contribution is 2.19. The summed E-state index contributed by atoms with van der Waals surface area (Å²) in [4.78, 5) is 29.2. The second kappa shape index (κ2) is 6.97. The minimum atomic E-state index is -0.444. The summed E-state index contributed by atoms with van der Waals surface area (Å²) in [6.45, 7) is 2.32. The third-order valence-corrected chi connectivity index (χ3v) is 4.60. The summed E-state index contributed by atoms with van der Waals surface area (Å²) in [7, 11) is 0. The summed E-state index contributed by atoms with van der Waals surface area (Å²) < 4.78 is 14.8. The van der Waals surface area contributed by atoms with E-state index in [0.29, 0.717) is 28.2 Å². The number of thioether (sulfide) groups is 1. The van der Waals surface area contributed by atoms with Crippen molar-refractivity contribution in [1.82, 2.24) is 9.55 Å². The minimum Gasteiger partial charge on any atom is -0.293 e. The van der Waals surface area contributed by atoms with Gasteiger partial charge in [0.1, 0.15) is 5.82 Å². The van der Waals surface area contributed by atoms with Crippen LogP contribution in [0.3, 0.4) is 0 Å². The number of halogens is 1. The standard InChI is InChI=1S/C18H15FN2O2S/c1-2-21-17(23)14-8-3-4-9-15(14)20-18(21)24-11-16(22)12-6-5-7-13(19)10-12/h3-10H,2,11H2,1H3. The van der Waals surface area contributed by atoms with Gasteiger partial charge in [-0.2, -0.15) is 0 Å². The van der Waals surface area contributed by atoms with Gasteiger partial charge in [0.05, 0.1) is 16.7 Å². The average molecular weight is 342 g/mol. The van der Waals surface area contributed by atoms with Gasteiger partial charge in [0.25, 0.3) is 5.56 Å². The molecule has 2 aromatic carbocycles. The average Bonchev–Trinajstić information content (AvgIpc) is 2.60. The Morgan fingerprint density at radius 2 is 2.00 bits per heavy atom. The number of aromatic nitrogens is 2. The number of rotatable bonds is 5. The molecule has 1 aromatic heterocycles. The molecule has 3 aromatic rings. The zero-order valence-electron chi connectivity index (χ0n) is 13.0. The molecule has 0 radical (unpaired) electrons. The van der Waals surface area contributed by atoms with Gasteiger partial charge in [-0.05, 0) is 31.2 Å². The van der Waals surface area contributed by atoms with Crippen LogP contribution in [-0.2, 0) is 6.54 Å². The maximum Gasteiger partial charge on any atom is 0.262 e. The van der Waals surface area contributed by atoms with E-state index in [2.05, 4.69) is 4.98 Å². The van der Waals surface area contributed by atoms with Crippen LogP contribution < -0.4 is 5.56 Å². The first-order valence-electron chi connectivity index (χ1n) is 7.51. The van der Waals surface area contributed by atoms with Crippen molar-refractivity contribution in [1.29, 1.82) is 0 Å². The molecule has 0 saturated heterocycles. The zero-order chi connectivity index (χ0) is 17.1. The van der Waals surface area contributed by atoms with Crippen LogP contribution in [0, 0.1) is 5.82 Å². The van der Waals surface area contributed by atoms with Crippen LogP contribution in [0.4, 0.5) is 4.39 Å². The van der Waals surface area contributed by atoms with E-state index in [1.807, 2.05) is 13.0 Å². The minimum absolute atomic E-state index is 0.0915. The topological polar surface area (TPSA) is 52.0 Å². The van der Waals surface area contributed by atoms with Crippen LogP contribution in [0.15, 0.2) is 58.5 Å². The first-order valence-corrected chi connectivity index (χ1v) is 8.50. The summed E-state index contributed by atoms with van der Waals surface area (Å²) in [5, 5.41) is 1.05. The molecule has 0 aliphatic heterocycles. The lowest BCUT2D eigenvalue weighted by atomic mass is 10.1. The number of hydrogen-bond acceptors (Lipinski definition) is 4. The monoisotopic (exact) mass is 342 g/mol. The Kier molecular flexibility index (Phi) is 4.76. The normalized spacial score (nSPS) is 10.9. The van der Waals surface area contributed by atoms with Crippen molar-refractivity contribution in [3.8, 4) is 0 Å². The molecule has 0 bridgehead atoms. The molecule has 0 N–H and O–H groups in total. The Hall–Kier alpha value is -2.47. The lowest BCUT2D eigenvalue weighted by Crippen LogP contribution is -2.22. The number of benzene rings is 2. The van der Waals surface area contributed by atoms with Gasteiger partial charge in [0, 0.05) is 12.1 Å². The van der Waals surface area contributed by atoms with E-state index in [0.717, 1.165) is 0 Å². The SMILES string of the molecule is CCn1c(SCC(=O)c2cccc(F)c2)nc2ccccc2c1=O. The van der Waals surface area contributed by atoms with Crippen LogP contribution in [0.1, 0.15) is 17.3 Å². The summed E-state index contributed by atoms with van der Waals surface area (Å²) in [6, 6.07) is 12.7. The maximum atomic E-state index is 13.2. The van der Waals surface area contributed by atoms with E-state index in [4.69, 9.17) is 0 Å². The van der Waals surface area contributed by atoms with Gasteiger partial charge >= 0.3 is 0 Å². The van der Waals surface area contributed by atoms with Crippen molar-refractivity contribution in [3.63, 3.8) is 0 Å². The Labute approximate surface area is 142 Å². The molecule has 0 unspecified atom stereocenters. The molecule has 0 atom stereocenters. The third-order valence-electron chi connectivity index (χ3n) is 3.62. The Bertz CT molecular complexity index is 969. The van der Waals surface area contributed by atoms with Gasteiger partial charge in [0.2, 0.25) is 0 Å². The highest BCUT2D eigenvalue weighted by atomic mass is 32.2. The summed E-state index contributed by atoms with van der Waals surface area (Å²) in [6.07, 6.45) is 0. The van der Waals surface area contributed by atoms with E-state index >= 15 is 0 Å². The Morgan fingerprint density at radius 1 is 1.21 bits per heavy atom. The molecule has 122 valence electrons. The van der Waals surface area contributed by atoms with E-state index in [9.17, 15) is 14.0 Å². The molecule has 0 amide bonds. The first kappa shape index (κ1) is 16.4. The fraction of sp³-hybridized carbons (Fsp3) is 0.167. The smallest absolute Gasteiger partial charge is 0.262 e. The number of hydrogen-bond donors (Lipinski definition) is 0. The number of para-hydroxylation sites is 1. The zero-order valence-corrected chi connectivity index (χ0v) is 13.8. The van der Waals surface area contributed by atoms with Crippen molar-refractivity contribution in [2.45, 2.75) is 18.6 Å². The van der Waals surface area contributed by atoms with Gasteiger partial charge in [-0.3, -0.25) is 14.2 Å². The van der Waals surface area contributed by atoms with Crippen LogP contribution in [0.5, 0.6) is 0 Å². The van der Waals surface area contributed by atoms with Crippen LogP contribution in [-0.4, -0.2) is 21.1 Å². The molecule has 4 nitrogen and oxygen atoms in total. The fourth-order valence-electron chi connectivity index (χ4n) is 2.41. The van der Waals surface area contributed by atoms with Crippen molar-refractivity contribution in [2.24, 2.45) is 0 Å². The third kappa shape index (κ3) is 3.23. The second-order valence-electron chi connectivity index (χ2n) is 5.18. The molecule has 0 fully saturated rings. The molecule has 0 aliphatic carbocycles. The molecule has 6 heteroatoms. The van der Waals surface area contributed by atoms with Crippen LogP contribution >= 0.6 is 11.8 Å². The van der Waals surface area contributed by atoms with E-state index in [-0.39, 0.29) is 17.1 Å². The number of ketones is 1.